The van der Waals surface area contributed by atoms with Gasteiger partial charge in [0, 0.05) is 12.6 Å². The second kappa shape index (κ2) is 8.60. The van der Waals surface area contributed by atoms with E-state index in [1.54, 1.807) is 0 Å². The Labute approximate surface area is 131 Å². The third-order valence-electron chi connectivity index (χ3n) is 3.60. The molecule has 0 aliphatic heterocycles. The lowest BCUT2D eigenvalue weighted by Crippen LogP contribution is -2.33. The van der Waals surface area contributed by atoms with E-state index in [4.69, 9.17) is 4.42 Å². The summed E-state index contributed by atoms with van der Waals surface area (Å²) in [6.07, 6.45) is 0. The van der Waals surface area contributed by atoms with Gasteiger partial charge in [-0.25, -0.2) is 0 Å². The largest absolute Gasteiger partial charge is 0.463 e. The van der Waals surface area contributed by atoms with Crippen molar-refractivity contribution >= 4 is 0 Å². The van der Waals surface area contributed by atoms with Crippen LogP contribution in [0.1, 0.15) is 58.6 Å². The van der Waals surface area contributed by atoms with Crippen LogP contribution in [-0.4, -0.2) is 24.0 Å². The summed E-state index contributed by atoms with van der Waals surface area (Å²) >= 11 is 0. The van der Waals surface area contributed by atoms with E-state index in [0.717, 1.165) is 37.7 Å². The summed E-state index contributed by atoms with van der Waals surface area (Å²) in [4.78, 5) is 2.48. The summed E-state index contributed by atoms with van der Waals surface area (Å²) in [7, 11) is 0. The number of aryl methyl sites for hydroxylation is 1. The Morgan fingerprint density at radius 1 is 1.10 bits per heavy atom. The van der Waals surface area contributed by atoms with Gasteiger partial charge in [-0.05, 0) is 50.8 Å². The molecule has 0 saturated heterocycles. The summed E-state index contributed by atoms with van der Waals surface area (Å²) in [6, 6.07) is 2.74. The maximum atomic E-state index is 6.05. The standard InChI is InChI=1S/C18H34N2O/c1-13(2)9-19-10-18-16(7)8-17(21-18)12-20(15(5)6)11-14(3)4/h8,13-15,19H,9-12H2,1-7H3. The summed E-state index contributed by atoms with van der Waals surface area (Å²) < 4.78 is 6.05. The Balaban J connectivity index is 2.62. The highest BCUT2D eigenvalue weighted by Crippen LogP contribution is 2.18. The molecule has 0 amide bonds. The highest BCUT2D eigenvalue weighted by molar-refractivity contribution is 5.20. The van der Waals surface area contributed by atoms with Crippen LogP contribution in [0.4, 0.5) is 0 Å². The van der Waals surface area contributed by atoms with Crippen LogP contribution in [0, 0.1) is 18.8 Å². The van der Waals surface area contributed by atoms with E-state index in [9.17, 15) is 0 Å². The minimum Gasteiger partial charge on any atom is -0.463 e. The Kier molecular flexibility index (Phi) is 7.47. The molecule has 0 aromatic carbocycles. The fraction of sp³-hybridized carbons (Fsp3) is 0.778. The van der Waals surface area contributed by atoms with Gasteiger partial charge in [-0.2, -0.15) is 0 Å². The molecule has 0 fully saturated rings. The maximum Gasteiger partial charge on any atom is 0.120 e. The van der Waals surface area contributed by atoms with Gasteiger partial charge < -0.3 is 9.73 Å². The molecule has 1 N–H and O–H groups in total. The molecule has 3 heteroatoms. The van der Waals surface area contributed by atoms with Crippen LogP contribution >= 0.6 is 0 Å². The first kappa shape index (κ1) is 18.2. The molecule has 0 aliphatic carbocycles. The lowest BCUT2D eigenvalue weighted by molar-refractivity contribution is 0.174. The number of rotatable bonds is 9. The second-order valence-electron chi connectivity index (χ2n) is 7.26. The van der Waals surface area contributed by atoms with Crippen molar-refractivity contribution in [2.24, 2.45) is 11.8 Å². The Morgan fingerprint density at radius 3 is 2.29 bits per heavy atom. The average molecular weight is 294 g/mol. The molecular weight excluding hydrogens is 260 g/mol. The number of hydrogen-bond donors (Lipinski definition) is 1. The van der Waals surface area contributed by atoms with E-state index in [1.165, 1.54) is 5.56 Å². The molecule has 1 aromatic rings. The van der Waals surface area contributed by atoms with Crippen molar-refractivity contribution in [3.63, 3.8) is 0 Å². The number of nitrogens with one attached hydrogen (secondary N) is 1. The first-order chi connectivity index (χ1) is 9.79. The van der Waals surface area contributed by atoms with Crippen molar-refractivity contribution < 1.29 is 4.42 Å². The molecule has 0 aliphatic rings. The van der Waals surface area contributed by atoms with Gasteiger partial charge in [0.15, 0.2) is 0 Å². The average Bonchev–Trinajstić information content (AvgIpc) is 2.68. The van der Waals surface area contributed by atoms with E-state index >= 15 is 0 Å². The SMILES string of the molecule is Cc1cc(CN(CC(C)C)C(C)C)oc1CNCC(C)C. The molecule has 0 atom stereocenters. The zero-order chi connectivity index (χ0) is 16.0. The predicted octanol–water partition coefficient (Wildman–Crippen LogP) is 4.20. The third-order valence-corrected chi connectivity index (χ3v) is 3.60. The van der Waals surface area contributed by atoms with Gasteiger partial charge >= 0.3 is 0 Å². The maximum absolute atomic E-state index is 6.05. The fourth-order valence-corrected chi connectivity index (χ4v) is 2.45. The van der Waals surface area contributed by atoms with Crippen LogP contribution in [0.15, 0.2) is 10.5 Å². The zero-order valence-electron chi connectivity index (χ0n) is 15.0. The van der Waals surface area contributed by atoms with Crippen LogP contribution in [0.3, 0.4) is 0 Å². The lowest BCUT2D eigenvalue weighted by Gasteiger charge is -2.27. The second-order valence-corrected chi connectivity index (χ2v) is 7.26. The van der Waals surface area contributed by atoms with Crippen molar-refractivity contribution in [2.45, 2.75) is 67.6 Å². The van der Waals surface area contributed by atoms with Crippen molar-refractivity contribution in [3.05, 3.63) is 23.2 Å². The van der Waals surface area contributed by atoms with Crippen LogP contribution in [0.25, 0.3) is 0 Å². The predicted molar refractivity (Wildman–Crippen MR) is 90.4 cm³/mol. The van der Waals surface area contributed by atoms with E-state index in [2.05, 4.69) is 64.7 Å². The number of nitrogens with zero attached hydrogens (tertiary/aromatic N) is 1. The first-order valence-electron chi connectivity index (χ1n) is 8.32. The van der Waals surface area contributed by atoms with E-state index in [-0.39, 0.29) is 0 Å². The first-order valence-corrected chi connectivity index (χ1v) is 8.32. The molecule has 3 nitrogen and oxygen atoms in total. The minimum atomic E-state index is 0.542. The Morgan fingerprint density at radius 2 is 1.76 bits per heavy atom. The van der Waals surface area contributed by atoms with Crippen molar-refractivity contribution in [1.82, 2.24) is 10.2 Å². The highest BCUT2D eigenvalue weighted by Gasteiger charge is 2.15. The van der Waals surface area contributed by atoms with Gasteiger partial charge in [0.1, 0.15) is 11.5 Å². The highest BCUT2D eigenvalue weighted by atomic mass is 16.3. The lowest BCUT2D eigenvalue weighted by atomic mass is 10.1. The van der Waals surface area contributed by atoms with Crippen molar-refractivity contribution in [1.29, 1.82) is 0 Å². The molecule has 122 valence electrons. The van der Waals surface area contributed by atoms with Gasteiger partial charge in [-0.15, -0.1) is 0 Å². The van der Waals surface area contributed by atoms with Crippen LogP contribution < -0.4 is 5.32 Å². The number of furan rings is 1. The van der Waals surface area contributed by atoms with E-state index in [0.29, 0.717) is 17.9 Å². The zero-order valence-corrected chi connectivity index (χ0v) is 15.0. The van der Waals surface area contributed by atoms with Gasteiger partial charge in [0.25, 0.3) is 0 Å². The normalized spacial score (nSPS) is 12.3. The molecule has 0 spiro atoms. The van der Waals surface area contributed by atoms with E-state index < -0.39 is 0 Å². The third kappa shape index (κ3) is 6.66. The summed E-state index contributed by atoms with van der Waals surface area (Å²) in [5, 5.41) is 3.46. The number of hydrogen-bond acceptors (Lipinski definition) is 3. The Bertz CT molecular complexity index is 407. The quantitative estimate of drug-likeness (QED) is 0.740. The summed E-state index contributed by atoms with van der Waals surface area (Å²) in [6.45, 7) is 19.5. The molecule has 0 radical (unpaired) electrons. The summed E-state index contributed by atoms with van der Waals surface area (Å²) in [5.41, 5.74) is 1.26. The fourth-order valence-electron chi connectivity index (χ4n) is 2.45. The monoisotopic (exact) mass is 294 g/mol. The minimum absolute atomic E-state index is 0.542. The topological polar surface area (TPSA) is 28.4 Å². The molecular formula is C18H34N2O. The van der Waals surface area contributed by atoms with Crippen LogP contribution in [0.2, 0.25) is 0 Å². The van der Waals surface area contributed by atoms with Gasteiger partial charge in [-0.3, -0.25) is 4.90 Å². The van der Waals surface area contributed by atoms with E-state index in [1.807, 2.05) is 0 Å². The van der Waals surface area contributed by atoms with Gasteiger partial charge in [-0.1, -0.05) is 27.7 Å². The van der Waals surface area contributed by atoms with Crippen LogP contribution in [-0.2, 0) is 13.1 Å². The molecule has 0 bridgehead atoms. The van der Waals surface area contributed by atoms with Gasteiger partial charge in [0.2, 0.25) is 0 Å². The van der Waals surface area contributed by atoms with Gasteiger partial charge in [0.05, 0.1) is 13.1 Å². The molecule has 1 aromatic heterocycles. The smallest absolute Gasteiger partial charge is 0.120 e. The molecule has 0 unspecified atom stereocenters. The van der Waals surface area contributed by atoms with Crippen molar-refractivity contribution in [3.8, 4) is 0 Å². The Hall–Kier alpha value is -0.800. The van der Waals surface area contributed by atoms with Crippen molar-refractivity contribution in [2.75, 3.05) is 13.1 Å². The van der Waals surface area contributed by atoms with Crippen LogP contribution in [0.5, 0.6) is 0 Å². The molecule has 1 heterocycles. The molecule has 21 heavy (non-hydrogen) atoms. The molecule has 0 saturated carbocycles. The summed E-state index contributed by atoms with van der Waals surface area (Å²) in [5.74, 6) is 3.51. The molecule has 1 rings (SSSR count).